The Kier molecular flexibility index (Phi) is 5.40. The Morgan fingerprint density at radius 1 is 1.76 bits per heavy atom. The van der Waals surface area contributed by atoms with E-state index in [1.54, 1.807) is 16.9 Å². The number of hydrogen-bond acceptors (Lipinski definition) is 4. The summed E-state index contributed by atoms with van der Waals surface area (Å²) in [5, 5.41) is 10.0. The van der Waals surface area contributed by atoms with E-state index in [1.165, 1.54) is 0 Å². The topological polar surface area (TPSA) is 68.2 Å². The van der Waals surface area contributed by atoms with E-state index < -0.39 is 0 Å². The molecular weight excluding hydrogens is 244 g/mol. The summed E-state index contributed by atoms with van der Waals surface area (Å²) in [4.78, 5) is 11.8. The van der Waals surface area contributed by atoms with Crippen molar-refractivity contribution in [2.75, 3.05) is 25.1 Å². The average molecular weight is 261 g/mol. The van der Waals surface area contributed by atoms with E-state index in [9.17, 15) is 4.79 Å². The zero-order valence-corrected chi connectivity index (χ0v) is 10.5. The number of carbonyl (C=O) groups is 1. The van der Waals surface area contributed by atoms with Crippen LogP contribution in [0.2, 0.25) is 0 Å². The molecule has 1 aliphatic heterocycles. The first-order valence-corrected chi connectivity index (χ1v) is 5.45. The Hall–Kier alpha value is -1.11. The molecule has 1 amide bonds. The molecule has 1 fully saturated rings. The third kappa shape index (κ3) is 3.42. The van der Waals surface area contributed by atoms with Crippen LogP contribution < -0.4 is 10.6 Å². The molecule has 0 aromatic carbocycles. The Balaban J connectivity index is 0.00000144. The van der Waals surface area contributed by atoms with Crippen LogP contribution in [0.5, 0.6) is 0 Å². The second-order valence-corrected chi connectivity index (χ2v) is 3.60. The molecule has 6 nitrogen and oxygen atoms in total. The Morgan fingerprint density at radius 3 is 3.24 bits per heavy atom. The number of nitrogens with one attached hydrogen (secondary N) is 2. The van der Waals surface area contributed by atoms with Crippen molar-refractivity contribution in [3.8, 4) is 0 Å². The summed E-state index contributed by atoms with van der Waals surface area (Å²) in [5.41, 5.74) is 0. The summed E-state index contributed by atoms with van der Waals surface area (Å²) < 4.78 is 6.97. The minimum Gasteiger partial charge on any atom is -0.378 e. The molecule has 0 saturated carbocycles. The average Bonchev–Trinajstić information content (AvgIpc) is 2.77. The number of hydrogen-bond donors (Lipinski definition) is 2. The van der Waals surface area contributed by atoms with E-state index in [1.807, 2.05) is 6.92 Å². The molecule has 2 heterocycles. The Bertz CT molecular complexity index is 363. The molecule has 1 aromatic rings. The van der Waals surface area contributed by atoms with Crippen molar-refractivity contribution < 1.29 is 9.53 Å². The number of halogens is 1. The van der Waals surface area contributed by atoms with Crippen LogP contribution in [0.15, 0.2) is 12.3 Å². The van der Waals surface area contributed by atoms with E-state index >= 15 is 0 Å². The summed E-state index contributed by atoms with van der Waals surface area (Å²) in [6.07, 6.45) is 1.67. The van der Waals surface area contributed by atoms with E-state index in [-0.39, 0.29) is 24.4 Å². The number of carbonyl (C=O) groups excluding carboxylic acids is 1. The van der Waals surface area contributed by atoms with Gasteiger partial charge in [-0.15, -0.1) is 12.4 Å². The van der Waals surface area contributed by atoms with Gasteiger partial charge >= 0.3 is 0 Å². The van der Waals surface area contributed by atoms with Gasteiger partial charge in [-0.1, -0.05) is 0 Å². The summed E-state index contributed by atoms with van der Waals surface area (Å²) in [7, 11) is 0. The zero-order chi connectivity index (χ0) is 11.4. The number of aromatic nitrogens is 2. The van der Waals surface area contributed by atoms with Crippen LogP contribution in [-0.4, -0.2) is 41.5 Å². The molecule has 2 rings (SSSR count). The molecule has 1 aromatic heterocycles. The van der Waals surface area contributed by atoms with Crippen LogP contribution >= 0.6 is 12.4 Å². The van der Waals surface area contributed by atoms with Gasteiger partial charge in [-0.05, 0) is 6.92 Å². The van der Waals surface area contributed by atoms with Crippen LogP contribution in [0.25, 0.3) is 0 Å². The minimum absolute atomic E-state index is 0. The number of nitrogens with zero attached hydrogens (tertiary/aromatic N) is 2. The van der Waals surface area contributed by atoms with Crippen LogP contribution in [0, 0.1) is 0 Å². The van der Waals surface area contributed by atoms with Gasteiger partial charge in [-0.25, -0.2) is 4.68 Å². The lowest BCUT2D eigenvalue weighted by molar-refractivity contribution is -0.120. The molecule has 1 saturated heterocycles. The molecular formula is C10H17ClN4O2. The molecule has 17 heavy (non-hydrogen) atoms. The van der Waals surface area contributed by atoms with Gasteiger partial charge in [0.15, 0.2) is 0 Å². The smallest absolute Gasteiger partial charge is 0.245 e. The van der Waals surface area contributed by atoms with E-state index in [2.05, 4.69) is 15.7 Å². The third-order valence-electron chi connectivity index (χ3n) is 2.51. The number of ether oxygens (including phenoxy) is 1. The fraction of sp³-hybridized carbons (Fsp3) is 0.600. The molecule has 7 heteroatoms. The second-order valence-electron chi connectivity index (χ2n) is 3.60. The lowest BCUT2D eigenvalue weighted by Gasteiger charge is -2.22. The first-order valence-electron chi connectivity index (χ1n) is 5.45. The van der Waals surface area contributed by atoms with Crippen molar-refractivity contribution >= 4 is 24.1 Å². The van der Waals surface area contributed by atoms with Crippen molar-refractivity contribution in [1.82, 2.24) is 15.1 Å². The van der Waals surface area contributed by atoms with Gasteiger partial charge in [0.1, 0.15) is 11.9 Å². The van der Waals surface area contributed by atoms with E-state index in [0.717, 1.165) is 12.4 Å². The summed E-state index contributed by atoms with van der Waals surface area (Å²) in [6.45, 7) is 4.51. The maximum atomic E-state index is 11.8. The van der Waals surface area contributed by atoms with Crippen molar-refractivity contribution in [2.24, 2.45) is 0 Å². The van der Waals surface area contributed by atoms with Gasteiger partial charge in [0.2, 0.25) is 5.91 Å². The van der Waals surface area contributed by atoms with Crippen molar-refractivity contribution in [3.05, 3.63) is 12.3 Å². The van der Waals surface area contributed by atoms with Crippen molar-refractivity contribution in [2.45, 2.75) is 19.5 Å². The molecule has 1 atom stereocenters. The van der Waals surface area contributed by atoms with E-state index in [0.29, 0.717) is 19.8 Å². The standard InChI is InChI=1S/C10H16N4O2.ClH/c1-2-14-9(3-4-12-14)13-10(15)8-7-16-6-5-11-8;/h3-4,8,11H,2,5-7H2,1H3,(H,13,15);1H. The SMILES string of the molecule is CCn1nccc1NC(=O)C1COCCN1.Cl. The molecule has 1 unspecified atom stereocenters. The Labute approximate surface area is 106 Å². The molecule has 1 aliphatic rings. The molecule has 0 aliphatic carbocycles. The fourth-order valence-corrected chi connectivity index (χ4v) is 1.64. The minimum atomic E-state index is -0.269. The molecule has 96 valence electrons. The number of amides is 1. The van der Waals surface area contributed by atoms with Crippen LogP contribution in [0.4, 0.5) is 5.82 Å². The maximum Gasteiger partial charge on any atom is 0.245 e. The van der Waals surface area contributed by atoms with Gasteiger partial charge in [-0.2, -0.15) is 5.10 Å². The lowest BCUT2D eigenvalue weighted by atomic mass is 10.2. The van der Waals surface area contributed by atoms with Gasteiger partial charge in [-0.3, -0.25) is 4.79 Å². The molecule has 0 bridgehead atoms. The number of anilines is 1. The van der Waals surface area contributed by atoms with Crippen molar-refractivity contribution in [1.29, 1.82) is 0 Å². The van der Waals surface area contributed by atoms with E-state index in [4.69, 9.17) is 4.74 Å². The quantitative estimate of drug-likeness (QED) is 0.818. The summed E-state index contributed by atoms with van der Waals surface area (Å²) in [6, 6.07) is 1.51. The zero-order valence-electron chi connectivity index (χ0n) is 9.68. The van der Waals surface area contributed by atoms with Gasteiger partial charge < -0.3 is 15.4 Å². The summed E-state index contributed by atoms with van der Waals surface area (Å²) in [5.74, 6) is 0.648. The highest BCUT2D eigenvalue weighted by molar-refractivity contribution is 5.94. The lowest BCUT2D eigenvalue weighted by Crippen LogP contribution is -2.49. The highest BCUT2D eigenvalue weighted by Crippen LogP contribution is 2.06. The number of morpholine rings is 1. The highest BCUT2D eigenvalue weighted by Gasteiger charge is 2.21. The maximum absolute atomic E-state index is 11.8. The monoisotopic (exact) mass is 260 g/mol. The third-order valence-corrected chi connectivity index (χ3v) is 2.51. The Morgan fingerprint density at radius 2 is 2.59 bits per heavy atom. The molecule has 0 spiro atoms. The van der Waals surface area contributed by atoms with Gasteiger partial charge in [0.05, 0.1) is 19.4 Å². The highest BCUT2D eigenvalue weighted by atomic mass is 35.5. The first kappa shape index (κ1) is 14.0. The largest absolute Gasteiger partial charge is 0.378 e. The predicted octanol–water partition coefficient (Wildman–Crippen LogP) is 0.252. The first-order chi connectivity index (χ1) is 7.81. The predicted molar refractivity (Wildman–Crippen MR) is 66.4 cm³/mol. The molecule has 0 radical (unpaired) electrons. The molecule has 2 N–H and O–H groups in total. The van der Waals surface area contributed by atoms with Gasteiger partial charge in [0.25, 0.3) is 0 Å². The van der Waals surface area contributed by atoms with Crippen molar-refractivity contribution in [3.63, 3.8) is 0 Å². The number of aryl methyl sites for hydroxylation is 1. The second kappa shape index (κ2) is 6.58. The summed E-state index contributed by atoms with van der Waals surface area (Å²) >= 11 is 0. The van der Waals surface area contributed by atoms with Gasteiger partial charge in [0, 0.05) is 19.2 Å². The van der Waals surface area contributed by atoms with Crippen LogP contribution in [0.3, 0.4) is 0 Å². The van der Waals surface area contributed by atoms with Crippen LogP contribution in [-0.2, 0) is 16.1 Å². The van der Waals surface area contributed by atoms with Crippen LogP contribution in [0.1, 0.15) is 6.92 Å². The number of rotatable bonds is 3. The normalized spacial score (nSPS) is 19.5. The fourth-order valence-electron chi connectivity index (χ4n) is 1.64.